The van der Waals surface area contributed by atoms with E-state index in [1.54, 1.807) is 7.05 Å². The standard InChI is InChI=1S/C24H42N6O.C2H6/c1-18-20(21(25-5)24(2,3)4)26-23(27-22(18)31)30(17-19-9-7-8-10-19)16-15-29-13-11-28(6)12-14-29;1-2/h19H,7-17H2,1-6H3,(H,26,27,31);1-2H3. The maximum atomic E-state index is 12.9. The number of nitrogens with one attached hydrogen (secondary N) is 1. The highest BCUT2D eigenvalue weighted by atomic mass is 16.1. The van der Waals surface area contributed by atoms with Crippen LogP contribution in [0.3, 0.4) is 0 Å². The fourth-order valence-corrected chi connectivity index (χ4v) is 4.82. The van der Waals surface area contributed by atoms with Crippen LogP contribution < -0.4 is 10.5 Å². The number of H-pyrrole nitrogens is 1. The lowest BCUT2D eigenvalue weighted by atomic mass is 9.86. The minimum Gasteiger partial charge on any atom is -0.341 e. The fourth-order valence-electron chi connectivity index (χ4n) is 4.82. The number of likely N-dealkylation sites (N-methyl/N-ethyl adjacent to an activating group) is 1. The van der Waals surface area contributed by atoms with E-state index in [4.69, 9.17) is 4.98 Å². The molecule has 2 fully saturated rings. The van der Waals surface area contributed by atoms with Gasteiger partial charge >= 0.3 is 0 Å². The molecule has 0 aromatic carbocycles. The van der Waals surface area contributed by atoms with Gasteiger partial charge < -0.3 is 9.80 Å². The monoisotopic (exact) mass is 460 g/mol. The number of hydrogen-bond acceptors (Lipinski definition) is 6. The zero-order valence-corrected chi connectivity index (χ0v) is 22.5. The van der Waals surface area contributed by atoms with Gasteiger partial charge in [-0.15, -0.1) is 0 Å². The van der Waals surface area contributed by atoms with Crippen molar-refractivity contribution in [2.24, 2.45) is 16.3 Å². The summed E-state index contributed by atoms with van der Waals surface area (Å²) in [6.07, 6.45) is 5.18. The number of aliphatic imine (C=N–C) groups is 1. The number of piperazine rings is 1. The molecule has 0 unspecified atom stereocenters. The smallest absolute Gasteiger partial charge is 0.255 e. The minimum atomic E-state index is -0.173. The largest absolute Gasteiger partial charge is 0.341 e. The molecule has 1 saturated carbocycles. The van der Waals surface area contributed by atoms with Crippen molar-refractivity contribution in [3.05, 3.63) is 21.6 Å². The topological polar surface area (TPSA) is 67.8 Å². The Bertz CT molecular complexity index is 811. The third kappa shape index (κ3) is 7.64. The maximum absolute atomic E-state index is 12.9. The Labute approximate surface area is 201 Å². The summed E-state index contributed by atoms with van der Waals surface area (Å²) < 4.78 is 0. The molecule has 1 aromatic heterocycles. The molecule has 2 aliphatic rings. The lowest BCUT2D eigenvalue weighted by Gasteiger charge is -2.35. The Balaban J connectivity index is 0.00000187. The predicted octanol–water partition coefficient (Wildman–Crippen LogP) is 3.81. The Morgan fingerprint density at radius 1 is 1.15 bits per heavy atom. The van der Waals surface area contributed by atoms with Crippen molar-refractivity contribution in [1.29, 1.82) is 0 Å². The molecule has 1 N–H and O–H groups in total. The summed E-state index contributed by atoms with van der Waals surface area (Å²) >= 11 is 0. The molecular weight excluding hydrogens is 412 g/mol. The van der Waals surface area contributed by atoms with Crippen LogP contribution in [0.15, 0.2) is 9.79 Å². The van der Waals surface area contributed by atoms with E-state index >= 15 is 0 Å². The Morgan fingerprint density at radius 2 is 1.76 bits per heavy atom. The van der Waals surface area contributed by atoms with Crippen LogP contribution in [0.2, 0.25) is 0 Å². The first kappa shape index (κ1) is 27.5. The second-order valence-electron chi connectivity index (χ2n) is 10.4. The molecule has 0 spiro atoms. The van der Waals surface area contributed by atoms with Crippen molar-refractivity contribution < 1.29 is 0 Å². The third-order valence-corrected chi connectivity index (χ3v) is 6.83. The summed E-state index contributed by atoms with van der Waals surface area (Å²) in [6, 6.07) is 0. The number of rotatable bonds is 7. The van der Waals surface area contributed by atoms with Gasteiger partial charge in [-0.3, -0.25) is 19.7 Å². The number of hydrogen-bond donors (Lipinski definition) is 1. The van der Waals surface area contributed by atoms with E-state index in [1.165, 1.54) is 25.7 Å². The van der Waals surface area contributed by atoms with Crippen LogP contribution in [0.1, 0.15) is 71.6 Å². The molecule has 1 aromatic rings. The number of aromatic nitrogens is 2. The highest BCUT2D eigenvalue weighted by Gasteiger charge is 2.27. The van der Waals surface area contributed by atoms with E-state index in [0.29, 0.717) is 17.4 Å². The Kier molecular flexibility index (Phi) is 10.6. The molecule has 7 nitrogen and oxygen atoms in total. The van der Waals surface area contributed by atoms with Crippen LogP contribution in [0, 0.1) is 18.3 Å². The zero-order chi connectivity index (χ0) is 24.6. The van der Waals surface area contributed by atoms with Crippen molar-refractivity contribution >= 4 is 11.7 Å². The van der Waals surface area contributed by atoms with Crippen molar-refractivity contribution in [1.82, 2.24) is 19.8 Å². The van der Waals surface area contributed by atoms with Crippen LogP contribution in [-0.4, -0.2) is 85.4 Å². The highest BCUT2D eigenvalue weighted by Crippen LogP contribution is 2.27. The van der Waals surface area contributed by atoms with E-state index < -0.39 is 0 Å². The lowest BCUT2D eigenvalue weighted by molar-refractivity contribution is 0.156. The molecule has 0 amide bonds. The van der Waals surface area contributed by atoms with Gasteiger partial charge in [-0.2, -0.15) is 0 Å². The minimum absolute atomic E-state index is 0.0542. The van der Waals surface area contributed by atoms with Crippen molar-refractivity contribution in [3.63, 3.8) is 0 Å². The predicted molar refractivity (Wildman–Crippen MR) is 141 cm³/mol. The summed E-state index contributed by atoms with van der Waals surface area (Å²) in [7, 11) is 3.99. The number of nitrogens with zero attached hydrogens (tertiary/aromatic N) is 5. The molecule has 7 heteroatoms. The van der Waals surface area contributed by atoms with Crippen LogP contribution in [0.4, 0.5) is 5.95 Å². The second-order valence-corrected chi connectivity index (χ2v) is 10.4. The van der Waals surface area contributed by atoms with Crippen LogP contribution in [0.25, 0.3) is 0 Å². The van der Waals surface area contributed by atoms with Gasteiger partial charge in [0.1, 0.15) is 0 Å². The average molecular weight is 461 g/mol. The normalized spacial score (nSPS) is 18.8. The molecule has 33 heavy (non-hydrogen) atoms. The van der Waals surface area contributed by atoms with Crippen LogP contribution in [-0.2, 0) is 0 Å². The van der Waals surface area contributed by atoms with Gasteiger partial charge in [-0.1, -0.05) is 47.5 Å². The van der Waals surface area contributed by atoms with Gasteiger partial charge in [-0.05, 0) is 32.7 Å². The summed E-state index contributed by atoms with van der Waals surface area (Å²) in [5.41, 5.74) is 2.05. The van der Waals surface area contributed by atoms with Gasteiger partial charge in [0.2, 0.25) is 5.95 Å². The summed E-state index contributed by atoms with van der Waals surface area (Å²) in [5, 5.41) is 0. The first-order chi connectivity index (χ1) is 15.7. The molecular formula is C26H48N6O. The maximum Gasteiger partial charge on any atom is 0.255 e. The molecule has 2 heterocycles. The van der Waals surface area contributed by atoms with Gasteiger partial charge in [0.15, 0.2) is 0 Å². The lowest BCUT2D eigenvalue weighted by Crippen LogP contribution is -2.47. The summed E-state index contributed by atoms with van der Waals surface area (Å²) in [6.45, 7) is 19.5. The van der Waals surface area contributed by atoms with Crippen molar-refractivity contribution in [3.8, 4) is 0 Å². The quantitative estimate of drug-likeness (QED) is 0.627. The van der Waals surface area contributed by atoms with Crippen molar-refractivity contribution in [2.75, 3.05) is 64.8 Å². The van der Waals surface area contributed by atoms with E-state index in [0.717, 1.165) is 57.2 Å². The van der Waals surface area contributed by atoms with Crippen LogP contribution in [0.5, 0.6) is 0 Å². The Morgan fingerprint density at radius 3 is 2.30 bits per heavy atom. The Hall–Kier alpha value is -1.73. The fraction of sp³-hybridized carbons (Fsp3) is 0.808. The number of aromatic amines is 1. The van der Waals surface area contributed by atoms with E-state index in [9.17, 15) is 4.79 Å². The first-order valence-corrected chi connectivity index (χ1v) is 12.9. The average Bonchev–Trinajstić information content (AvgIpc) is 3.29. The van der Waals surface area contributed by atoms with E-state index in [-0.39, 0.29) is 11.0 Å². The van der Waals surface area contributed by atoms with Crippen LogP contribution >= 0.6 is 0 Å². The van der Waals surface area contributed by atoms with E-state index in [2.05, 4.69) is 52.5 Å². The van der Waals surface area contributed by atoms with Gasteiger partial charge in [0.25, 0.3) is 5.56 Å². The van der Waals surface area contributed by atoms with E-state index in [1.807, 2.05) is 20.8 Å². The highest BCUT2D eigenvalue weighted by molar-refractivity contribution is 6.03. The molecule has 0 radical (unpaired) electrons. The molecule has 188 valence electrons. The van der Waals surface area contributed by atoms with Gasteiger partial charge in [0.05, 0.1) is 11.4 Å². The molecule has 1 aliphatic heterocycles. The molecule has 1 saturated heterocycles. The molecule has 3 rings (SSSR count). The number of anilines is 1. The molecule has 1 aliphatic carbocycles. The summed E-state index contributed by atoms with van der Waals surface area (Å²) in [5.74, 6) is 1.39. The molecule has 0 bridgehead atoms. The molecule has 0 atom stereocenters. The van der Waals surface area contributed by atoms with Crippen molar-refractivity contribution in [2.45, 2.75) is 67.2 Å². The third-order valence-electron chi connectivity index (χ3n) is 6.83. The second kappa shape index (κ2) is 12.7. The first-order valence-electron chi connectivity index (χ1n) is 12.9. The van der Waals surface area contributed by atoms with Gasteiger partial charge in [-0.25, -0.2) is 4.98 Å². The summed E-state index contributed by atoms with van der Waals surface area (Å²) in [4.78, 5) is 32.8. The SMILES string of the molecule is CC.CN=C(c1nc(N(CCN2CCN(C)CC2)CC2CCCC2)[nH]c(=O)c1C)C(C)(C)C. The zero-order valence-electron chi connectivity index (χ0n) is 22.5. The van der Waals surface area contributed by atoms with Gasteiger partial charge in [0, 0.05) is 63.8 Å².